The largest absolute Gasteiger partial charge is 0.573 e. The maximum Gasteiger partial charge on any atom is 0.573 e. The highest BCUT2D eigenvalue weighted by atomic mass is 35.5. The van der Waals surface area contributed by atoms with Gasteiger partial charge < -0.3 is 10.1 Å². The Hall–Kier alpha value is -1.43. The molecule has 0 bridgehead atoms. The standard InChI is InChI=1S/C11H11ClF3NO2/c1-7(16-10(17)6-12)8-2-4-9(5-3-8)18-11(13,14)15/h2-5,7H,6H2,1H3,(H,16,17)/t7-/m1/s1. The highest BCUT2D eigenvalue weighted by molar-refractivity contribution is 6.27. The Morgan fingerprint density at radius 3 is 2.39 bits per heavy atom. The van der Waals surface area contributed by atoms with Gasteiger partial charge in [-0.15, -0.1) is 24.8 Å². The zero-order valence-electron chi connectivity index (χ0n) is 9.42. The number of alkyl halides is 4. The molecule has 0 fully saturated rings. The van der Waals surface area contributed by atoms with E-state index in [0.29, 0.717) is 5.56 Å². The van der Waals surface area contributed by atoms with Gasteiger partial charge in [-0.3, -0.25) is 4.79 Å². The van der Waals surface area contributed by atoms with E-state index in [4.69, 9.17) is 11.6 Å². The summed E-state index contributed by atoms with van der Waals surface area (Å²) in [5, 5.41) is 2.58. The molecule has 1 amide bonds. The van der Waals surface area contributed by atoms with Crippen LogP contribution in [-0.4, -0.2) is 18.1 Å². The van der Waals surface area contributed by atoms with Crippen molar-refractivity contribution in [3.05, 3.63) is 29.8 Å². The summed E-state index contributed by atoms with van der Waals surface area (Å²) in [7, 11) is 0. The van der Waals surface area contributed by atoms with Gasteiger partial charge in [0, 0.05) is 0 Å². The number of ether oxygens (including phenoxy) is 1. The van der Waals surface area contributed by atoms with E-state index in [-0.39, 0.29) is 23.6 Å². The van der Waals surface area contributed by atoms with E-state index in [2.05, 4.69) is 10.1 Å². The van der Waals surface area contributed by atoms with Gasteiger partial charge in [-0.05, 0) is 24.6 Å². The fraction of sp³-hybridized carbons (Fsp3) is 0.364. The van der Waals surface area contributed by atoms with E-state index in [1.54, 1.807) is 6.92 Å². The van der Waals surface area contributed by atoms with Crippen molar-refractivity contribution in [3.8, 4) is 5.75 Å². The topological polar surface area (TPSA) is 38.3 Å². The van der Waals surface area contributed by atoms with Gasteiger partial charge in [0.2, 0.25) is 5.91 Å². The Bertz CT molecular complexity index is 406. The first-order chi connectivity index (χ1) is 8.31. The van der Waals surface area contributed by atoms with Crippen LogP contribution in [0.1, 0.15) is 18.5 Å². The van der Waals surface area contributed by atoms with Crippen LogP contribution in [0.25, 0.3) is 0 Å². The summed E-state index contributed by atoms with van der Waals surface area (Å²) in [6.07, 6.45) is -4.71. The van der Waals surface area contributed by atoms with Gasteiger partial charge in [-0.1, -0.05) is 12.1 Å². The first-order valence-corrected chi connectivity index (χ1v) is 5.56. The minimum absolute atomic E-state index is 0.167. The molecule has 0 radical (unpaired) electrons. The van der Waals surface area contributed by atoms with Gasteiger partial charge in [0.25, 0.3) is 0 Å². The quantitative estimate of drug-likeness (QED) is 0.862. The van der Waals surface area contributed by atoms with Gasteiger partial charge in [-0.2, -0.15) is 0 Å². The third-order valence-corrected chi connectivity index (χ3v) is 2.36. The molecule has 1 atom stereocenters. The summed E-state index contributed by atoms with van der Waals surface area (Å²) in [5.41, 5.74) is 0.656. The number of benzene rings is 1. The van der Waals surface area contributed by atoms with E-state index in [0.717, 1.165) is 0 Å². The van der Waals surface area contributed by atoms with Crippen LogP contribution in [0.15, 0.2) is 24.3 Å². The minimum Gasteiger partial charge on any atom is -0.406 e. The van der Waals surface area contributed by atoms with Gasteiger partial charge in [0.05, 0.1) is 6.04 Å². The molecule has 3 nitrogen and oxygen atoms in total. The van der Waals surface area contributed by atoms with E-state index >= 15 is 0 Å². The first-order valence-electron chi connectivity index (χ1n) is 5.03. The summed E-state index contributed by atoms with van der Waals surface area (Å²) in [4.78, 5) is 11.0. The lowest BCUT2D eigenvalue weighted by molar-refractivity contribution is -0.274. The molecule has 1 N–H and O–H groups in total. The molecule has 0 aromatic heterocycles. The molecule has 0 spiro atoms. The highest BCUT2D eigenvalue weighted by Crippen LogP contribution is 2.24. The molecular formula is C11H11ClF3NO2. The monoisotopic (exact) mass is 281 g/mol. The number of amides is 1. The fourth-order valence-electron chi connectivity index (χ4n) is 1.32. The predicted molar refractivity (Wildman–Crippen MR) is 60.4 cm³/mol. The Morgan fingerprint density at radius 1 is 1.39 bits per heavy atom. The summed E-state index contributed by atoms with van der Waals surface area (Å²) in [6, 6.07) is 4.93. The summed E-state index contributed by atoms with van der Waals surface area (Å²) < 4.78 is 39.5. The molecule has 0 aliphatic heterocycles. The summed E-state index contributed by atoms with van der Waals surface area (Å²) >= 11 is 5.32. The van der Waals surface area contributed by atoms with E-state index in [1.807, 2.05) is 0 Å². The molecule has 0 aliphatic carbocycles. The predicted octanol–water partition coefficient (Wildman–Crippen LogP) is 3.00. The molecule has 0 heterocycles. The van der Waals surface area contributed by atoms with Crippen molar-refractivity contribution in [1.29, 1.82) is 0 Å². The van der Waals surface area contributed by atoms with Crippen molar-refractivity contribution in [3.63, 3.8) is 0 Å². The number of halogens is 4. The second-order valence-electron chi connectivity index (χ2n) is 3.54. The van der Waals surface area contributed by atoms with Crippen LogP contribution in [0.4, 0.5) is 13.2 Å². The number of carbonyl (C=O) groups excluding carboxylic acids is 1. The fourth-order valence-corrected chi connectivity index (χ4v) is 1.40. The third-order valence-electron chi connectivity index (χ3n) is 2.11. The van der Waals surface area contributed by atoms with Crippen LogP contribution in [0.5, 0.6) is 5.75 Å². The van der Waals surface area contributed by atoms with E-state index in [1.165, 1.54) is 24.3 Å². The van der Waals surface area contributed by atoms with Gasteiger partial charge in [0.1, 0.15) is 11.6 Å². The maximum absolute atomic E-state index is 11.9. The van der Waals surface area contributed by atoms with Gasteiger partial charge in [-0.25, -0.2) is 0 Å². The van der Waals surface area contributed by atoms with Crippen molar-refractivity contribution in [1.82, 2.24) is 5.32 Å². The zero-order valence-corrected chi connectivity index (χ0v) is 10.2. The Balaban J connectivity index is 2.67. The molecule has 7 heteroatoms. The second kappa shape index (κ2) is 5.95. The Morgan fingerprint density at radius 2 is 1.94 bits per heavy atom. The van der Waals surface area contributed by atoms with Crippen molar-refractivity contribution in [2.75, 3.05) is 5.88 Å². The number of nitrogens with one attached hydrogen (secondary N) is 1. The third kappa shape index (κ3) is 4.83. The number of hydrogen-bond donors (Lipinski definition) is 1. The smallest absolute Gasteiger partial charge is 0.406 e. The van der Waals surface area contributed by atoms with Crippen LogP contribution >= 0.6 is 11.6 Å². The molecule has 0 aliphatic rings. The molecule has 1 aromatic rings. The normalized spacial score (nSPS) is 12.9. The van der Waals surface area contributed by atoms with Crippen LogP contribution in [0.2, 0.25) is 0 Å². The van der Waals surface area contributed by atoms with Crippen molar-refractivity contribution < 1.29 is 22.7 Å². The Labute approximate surface area is 107 Å². The average Bonchev–Trinajstić information content (AvgIpc) is 2.27. The zero-order chi connectivity index (χ0) is 13.8. The lowest BCUT2D eigenvalue weighted by Crippen LogP contribution is -2.27. The second-order valence-corrected chi connectivity index (χ2v) is 3.81. The lowest BCUT2D eigenvalue weighted by Gasteiger charge is -2.14. The average molecular weight is 282 g/mol. The van der Waals surface area contributed by atoms with Crippen LogP contribution in [0, 0.1) is 0 Å². The van der Waals surface area contributed by atoms with Gasteiger partial charge >= 0.3 is 6.36 Å². The first kappa shape index (κ1) is 14.6. The van der Waals surface area contributed by atoms with Crippen molar-refractivity contribution >= 4 is 17.5 Å². The van der Waals surface area contributed by atoms with Crippen molar-refractivity contribution in [2.24, 2.45) is 0 Å². The minimum atomic E-state index is -4.71. The van der Waals surface area contributed by atoms with Crippen molar-refractivity contribution in [2.45, 2.75) is 19.3 Å². The Kier molecular flexibility index (Phi) is 4.84. The van der Waals surface area contributed by atoms with Gasteiger partial charge in [0.15, 0.2) is 0 Å². The van der Waals surface area contributed by atoms with Crippen LogP contribution in [-0.2, 0) is 4.79 Å². The highest BCUT2D eigenvalue weighted by Gasteiger charge is 2.31. The molecular weight excluding hydrogens is 271 g/mol. The molecule has 0 saturated carbocycles. The maximum atomic E-state index is 11.9. The molecule has 0 unspecified atom stereocenters. The van der Waals surface area contributed by atoms with Crippen LogP contribution in [0.3, 0.4) is 0 Å². The summed E-state index contributed by atoms with van der Waals surface area (Å²) in [6.45, 7) is 1.70. The number of carbonyl (C=O) groups is 1. The van der Waals surface area contributed by atoms with Crippen LogP contribution < -0.4 is 10.1 Å². The summed E-state index contributed by atoms with van der Waals surface area (Å²) in [5.74, 6) is -0.818. The number of hydrogen-bond acceptors (Lipinski definition) is 2. The van der Waals surface area contributed by atoms with E-state index < -0.39 is 6.36 Å². The number of rotatable bonds is 4. The SMILES string of the molecule is C[C@@H](NC(=O)CCl)c1ccc(OC(F)(F)F)cc1. The van der Waals surface area contributed by atoms with E-state index in [9.17, 15) is 18.0 Å². The molecule has 100 valence electrons. The lowest BCUT2D eigenvalue weighted by atomic mass is 10.1. The molecule has 18 heavy (non-hydrogen) atoms. The molecule has 1 aromatic carbocycles. The molecule has 0 saturated heterocycles. The molecule has 1 rings (SSSR count).